The third-order valence-corrected chi connectivity index (χ3v) is 4.42. The quantitative estimate of drug-likeness (QED) is 0.869. The lowest BCUT2D eigenvalue weighted by Crippen LogP contribution is -2.33. The Hall–Kier alpha value is -1.07. The summed E-state index contributed by atoms with van der Waals surface area (Å²) in [5.41, 5.74) is 0.713. The van der Waals surface area contributed by atoms with E-state index in [9.17, 15) is 8.42 Å². The molecule has 1 aromatic rings. The lowest BCUT2D eigenvalue weighted by atomic mass is 10.00. The van der Waals surface area contributed by atoms with Crippen molar-refractivity contribution in [3.05, 3.63) is 24.3 Å². The van der Waals surface area contributed by atoms with E-state index >= 15 is 0 Å². The van der Waals surface area contributed by atoms with Gasteiger partial charge >= 0.3 is 0 Å². The van der Waals surface area contributed by atoms with E-state index in [2.05, 4.69) is 10.6 Å². The molecule has 0 saturated carbocycles. The van der Waals surface area contributed by atoms with Crippen molar-refractivity contribution in [3.63, 3.8) is 0 Å². The summed E-state index contributed by atoms with van der Waals surface area (Å²) in [6.45, 7) is 2.92. The van der Waals surface area contributed by atoms with Crippen LogP contribution in [0.2, 0.25) is 0 Å². The molecule has 2 N–H and O–H groups in total. The molecule has 5 heteroatoms. The van der Waals surface area contributed by atoms with E-state index in [0.29, 0.717) is 16.5 Å². The number of nitrogens with one attached hydrogen (secondary N) is 2. The number of sulfone groups is 1. The van der Waals surface area contributed by atoms with Gasteiger partial charge in [-0.2, -0.15) is 0 Å². The molecule has 0 aromatic heterocycles. The molecule has 100 valence electrons. The van der Waals surface area contributed by atoms with Gasteiger partial charge in [0.05, 0.1) is 10.6 Å². The van der Waals surface area contributed by atoms with Gasteiger partial charge in [-0.05, 0) is 44.0 Å². The lowest BCUT2D eigenvalue weighted by molar-refractivity contribution is 0.392. The maximum atomic E-state index is 11.7. The Morgan fingerprint density at radius 2 is 2.17 bits per heavy atom. The summed E-state index contributed by atoms with van der Waals surface area (Å²) in [6, 6.07) is 7.09. The smallest absolute Gasteiger partial charge is 0.177 e. The average Bonchev–Trinajstić information content (AvgIpc) is 2.37. The Balaban J connectivity index is 2.05. The molecule has 1 heterocycles. The minimum Gasteiger partial charge on any atom is -0.384 e. The Kier molecular flexibility index (Phi) is 4.24. The first-order valence-corrected chi connectivity index (χ1v) is 8.20. The van der Waals surface area contributed by atoms with Crippen molar-refractivity contribution in [2.24, 2.45) is 5.92 Å². The van der Waals surface area contributed by atoms with Gasteiger partial charge in [0.15, 0.2) is 9.84 Å². The average molecular weight is 268 g/mol. The number of piperidine rings is 1. The van der Waals surface area contributed by atoms with Crippen LogP contribution in [0, 0.1) is 5.92 Å². The molecule has 1 aliphatic heterocycles. The molecule has 1 saturated heterocycles. The zero-order chi connectivity index (χ0) is 13.0. The van der Waals surface area contributed by atoms with Gasteiger partial charge in [0, 0.05) is 12.8 Å². The number of benzene rings is 1. The van der Waals surface area contributed by atoms with Crippen LogP contribution >= 0.6 is 0 Å². The molecule has 18 heavy (non-hydrogen) atoms. The van der Waals surface area contributed by atoms with Crippen molar-refractivity contribution in [1.29, 1.82) is 0 Å². The fourth-order valence-corrected chi connectivity index (χ4v) is 3.15. The van der Waals surface area contributed by atoms with Crippen molar-refractivity contribution in [1.82, 2.24) is 5.32 Å². The van der Waals surface area contributed by atoms with E-state index in [-0.39, 0.29) is 0 Å². The third-order valence-electron chi connectivity index (χ3n) is 3.27. The van der Waals surface area contributed by atoms with Crippen LogP contribution in [0.25, 0.3) is 0 Å². The van der Waals surface area contributed by atoms with Crippen LogP contribution in [0.1, 0.15) is 12.8 Å². The highest BCUT2D eigenvalue weighted by molar-refractivity contribution is 7.90. The van der Waals surface area contributed by atoms with Crippen LogP contribution in [0.3, 0.4) is 0 Å². The Labute approximate surface area is 109 Å². The second-order valence-corrected chi connectivity index (χ2v) is 6.85. The number of para-hydroxylation sites is 1. The Bertz CT molecular complexity index is 493. The molecule has 1 fully saturated rings. The molecule has 2 rings (SSSR count). The predicted molar refractivity (Wildman–Crippen MR) is 73.6 cm³/mol. The van der Waals surface area contributed by atoms with E-state index in [1.807, 2.05) is 12.1 Å². The van der Waals surface area contributed by atoms with Crippen LogP contribution < -0.4 is 10.6 Å². The fourth-order valence-electron chi connectivity index (χ4n) is 2.29. The molecule has 0 spiro atoms. The summed E-state index contributed by atoms with van der Waals surface area (Å²) >= 11 is 0. The van der Waals surface area contributed by atoms with E-state index < -0.39 is 9.84 Å². The molecular weight excluding hydrogens is 248 g/mol. The number of anilines is 1. The summed E-state index contributed by atoms with van der Waals surface area (Å²) in [6.07, 6.45) is 3.64. The topological polar surface area (TPSA) is 58.2 Å². The highest BCUT2D eigenvalue weighted by Gasteiger charge is 2.15. The van der Waals surface area contributed by atoms with Crippen LogP contribution in [0.4, 0.5) is 5.69 Å². The van der Waals surface area contributed by atoms with E-state index in [1.54, 1.807) is 12.1 Å². The summed E-state index contributed by atoms with van der Waals surface area (Å²) in [7, 11) is -3.16. The van der Waals surface area contributed by atoms with Crippen molar-refractivity contribution < 1.29 is 8.42 Å². The molecule has 1 aliphatic rings. The first kappa shape index (κ1) is 13.4. The first-order chi connectivity index (χ1) is 8.57. The third kappa shape index (κ3) is 3.46. The maximum absolute atomic E-state index is 11.7. The zero-order valence-corrected chi connectivity index (χ0v) is 11.5. The summed E-state index contributed by atoms with van der Waals surface area (Å²) < 4.78 is 23.3. The normalized spacial score (nSPS) is 20.6. The van der Waals surface area contributed by atoms with Gasteiger partial charge in [0.25, 0.3) is 0 Å². The van der Waals surface area contributed by atoms with Gasteiger partial charge < -0.3 is 10.6 Å². The molecule has 1 atom stereocenters. The second-order valence-electron chi connectivity index (χ2n) is 4.86. The molecule has 0 amide bonds. The maximum Gasteiger partial charge on any atom is 0.177 e. The van der Waals surface area contributed by atoms with Gasteiger partial charge in [0.2, 0.25) is 0 Å². The summed E-state index contributed by atoms with van der Waals surface area (Å²) in [5.74, 6) is 0.575. The first-order valence-electron chi connectivity index (χ1n) is 6.31. The van der Waals surface area contributed by atoms with Crippen molar-refractivity contribution >= 4 is 15.5 Å². The van der Waals surface area contributed by atoms with Gasteiger partial charge in [0.1, 0.15) is 0 Å². The van der Waals surface area contributed by atoms with Crippen LogP contribution in [-0.2, 0) is 9.84 Å². The molecule has 0 aliphatic carbocycles. The highest BCUT2D eigenvalue weighted by atomic mass is 32.2. The summed E-state index contributed by atoms with van der Waals surface area (Å²) in [5, 5.41) is 6.63. The largest absolute Gasteiger partial charge is 0.384 e. The molecule has 1 unspecified atom stereocenters. The highest BCUT2D eigenvalue weighted by Crippen LogP contribution is 2.21. The summed E-state index contributed by atoms with van der Waals surface area (Å²) in [4.78, 5) is 0.383. The van der Waals surface area contributed by atoms with Gasteiger partial charge in [-0.1, -0.05) is 12.1 Å². The number of hydrogen-bond donors (Lipinski definition) is 2. The van der Waals surface area contributed by atoms with Crippen molar-refractivity contribution in [3.8, 4) is 0 Å². The van der Waals surface area contributed by atoms with Crippen LogP contribution in [0.5, 0.6) is 0 Å². The van der Waals surface area contributed by atoms with Gasteiger partial charge in [-0.25, -0.2) is 8.42 Å². The minimum absolute atomic E-state index is 0.383. The van der Waals surface area contributed by atoms with E-state index in [0.717, 1.165) is 19.6 Å². The molecule has 1 aromatic carbocycles. The van der Waals surface area contributed by atoms with Gasteiger partial charge in [-0.15, -0.1) is 0 Å². The predicted octanol–water partition coefficient (Wildman–Crippen LogP) is 1.50. The molecular formula is C13H20N2O2S. The monoisotopic (exact) mass is 268 g/mol. The molecule has 4 nitrogen and oxygen atoms in total. The number of hydrogen-bond acceptors (Lipinski definition) is 4. The zero-order valence-electron chi connectivity index (χ0n) is 10.6. The van der Waals surface area contributed by atoms with Crippen molar-refractivity contribution in [2.45, 2.75) is 17.7 Å². The molecule has 0 radical (unpaired) electrons. The second kappa shape index (κ2) is 5.71. The Morgan fingerprint density at radius 3 is 2.83 bits per heavy atom. The standard InChI is InChI=1S/C13H20N2O2S/c1-18(16,17)13-7-3-2-6-12(13)15-10-11-5-4-8-14-9-11/h2-3,6-7,11,14-15H,4-5,8-10H2,1H3. The van der Waals surface area contributed by atoms with Crippen molar-refractivity contribution in [2.75, 3.05) is 31.2 Å². The van der Waals surface area contributed by atoms with Crippen LogP contribution in [0.15, 0.2) is 29.2 Å². The van der Waals surface area contributed by atoms with E-state index in [4.69, 9.17) is 0 Å². The number of rotatable bonds is 4. The lowest BCUT2D eigenvalue weighted by Gasteiger charge is -2.23. The van der Waals surface area contributed by atoms with Crippen LogP contribution in [-0.4, -0.2) is 34.3 Å². The van der Waals surface area contributed by atoms with Gasteiger partial charge in [-0.3, -0.25) is 0 Å². The Morgan fingerprint density at radius 1 is 1.39 bits per heavy atom. The molecule has 0 bridgehead atoms. The fraction of sp³-hybridized carbons (Fsp3) is 0.538. The SMILES string of the molecule is CS(=O)(=O)c1ccccc1NCC1CCCNC1. The van der Waals surface area contributed by atoms with E-state index in [1.165, 1.54) is 19.1 Å². The minimum atomic E-state index is -3.16.